The van der Waals surface area contributed by atoms with Crippen LogP contribution in [0.3, 0.4) is 0 Å². The topological polar surface area (TPSA) is 92.2 Å². The molecule has 0 N–H and O–H groups in total. The highest BCUT2D eigenvalue weighted by molar-refractivity contribution is 5.86. The van der Waals surface area contributed by atoms with Gasteiger partial charge in [0.2, 0.25) is 0 Å². The van der Waals surface area contributed by atoms with Crippen LogP contribution in [0.25, 0.3) is 11.1 Å². The fraction of sp³-hybridized carbons (Fsp3) is 0.200. The summed E-state index contributed by atoms with van der Waals surface area (Å²) in [7, 11) is 0. The highest BCUT2D eigenvalue weighted by Gasteiger charge is 2.13. The molecule has 0 fully saturated rings. The van der Waals surface area contributed by atoms with Crippen LogP contribution in [0.5, 0.6) is 0 Å². The summed E-state index contributed by atoms with van der Waals surface area (Å²) in [6.45, 7) is 1.08. The molecule has 2 heterocycles. The maximum absolute atomic E-state index is 12.1. The van der Waals surface area contributed by atoms with Crippen molar-refractivity contribution in [3.63, 3.8) is 0 Å². The Morgan fingerprint density at radius 3 is 2.71 bits per heavy atom. The number of hydrogen-bond donors (Lipinski definition) is 0. The van der Waals surface area contributed by atoms with Gasteiger partial charge in [-0.15, -0.1) is 5.10 Å². The smallest absolute Gasteiger partial charge is 0.419 e. The van der Waals surface area contributed by atoms with E-state index < -0.39 is 11.7 Å². The Balaban J connectivity index is 1.30. The Hall–Kier alpha value is -3.68. The lowest BCUT2D eigenvalue weighted by atomic mass is 10.2. The molecule has 4 rings (SSSR count). The highest BCUT2D eigenvalue weighted by atomic mass is 16.5. The Kier molecular flexibility index (Phi) is 5.01. The maximum atomic E-state index is 12.1. The van der Waals surface area contributed by atoms with E-state index in [4.69, 9.17) is 9.15 Å². The number of ether oxygens (including phenoxy) is 1. The molecule has 142 valence electrons. The van der Waals surface area contributed by atoms with Gasteiger partial charge >= 0.3 is 11.7 Å². The van der Waals surface area contributed by atoms with Crippen molar-refractivity contribution in [3.05, 3.63) is 82.6 Å². The summed E-state index contributed by atoms with van der Waals surface area (Å²) in [6.07, 6.45) is 2.04. The van der Waals surface area contributed by atoms with Gasteiger partial charge < -0.3 is 9.15 Å². The molecule has 0 aliphatic rings. The second-order valence-electron chi connectivity index (χ2n) is 6.26. The van der Waals surface area contributed by atoms with E-state index in [1.54, 1.807) is 16.9 Å². The lowest BCUT2D eigenvalue weighted by molar-refractivity contribution is 0.0489. The van der Waals surface area contributed by atoms with Crippen LogP contribution in [0.15, 0.2) is 70.0 Å². The van der Waals surface area contributed by atoms with E-state index in [0.29, 0.717) is 25.1 Å². The van der Waals surface area contributed by atoms with Crippen molar-refractivity contribution in [3.8, 4) is 0 Å². The summed E-state index contributed by atoms with van der Waals surface area (Å²) in [6, 6.07) is 17.0. The number of fused-ring (bicyclic) bond motifs is 1. The van der Waals surface area contributed by atoms with Crippen molar-refractivity contribution in [1.29, 1.82) is 0 Å². The third kappa shape index (κ3) is 3.85. The number of hydrogen-bond acceptors (Lipinski definition) is 6. The van der Waals surface area contributed by atoms with Gasteiger partial charge in [-0.3, -0.25) is 4.57 Å². The van der Waals surface area contributed by atoms with Gasteiger partial charge in [-0.25, -0.2) is 14.3 Å². The predicted molar refractivity (Wildman–Crippen MR) is 101 cm³/mol. The van der Waals surface area contributed by atoms with Crippen molar-refractivity contribution < 1.29 is 13.9 Å². The van der Waals surface area contributed by atoms with Gasteiger partial charge in [0.1, 0.15) is 0 Å². The summed E-state index contributed by atoms with van der Waals surface area (Å²) < 4.78 is 13.5. The van der Waals surface area contributed by atoms with Gasteiger partial charge in [0.05, 0.1) is 24.9 Å². The van der Waals surface area contributed by atoms with Crippen LogP contribution in [-0.4, -0.2) is 32.1 Å². The van der Waals surface area contributed by atoms with Crippen molar-refractivity contribution in [2.24, 2.45) is 0 Å². The van der Waals surface area contributed by atoms with Crippen LogP contribution < -0.4 is 5.76 Å². The van der Waals surface area contributed by atoms with Gasteiger partial charge in [-0.05, 0) is 24.1 Å². The van der Waals surface area contributed by atoms with Crippen LogP contribution in [0.1, 0.15) is 22.5 Å². The van der Waals surface area contributed by atoms with Gasteiger partial charge in [0, 0.05) is 6.54 Å². The van der Waals surface area contributed by atoms with Gasteiger partial charge in [0.15, 0.2) is 11.3 Å². The van der Waals surface area contributed by atoms with Crippen LogP contribution in [0.2, 0.25) is 0 Å². The van der Waals surface area contributed by atoms with E-state index >= 15 is 0 Å². The number of carbonyl (C=O) groups is 1. The first-order chi connectivity index (χ1) is 13.7. The van der Waals surface area contributed by atoms with E-state index in [9.17, 15) is 9.59 Å². The molecule has 0 saturated heterocycles. The molecule has 4 aromatic rings. The van der Waals surface area contributed by atoms with Gasteiger partial charge in [0.25, 0.3) is 0 Å². The van der Waals surface area contributed by atoms with Crippen LogP contribution in [0, 0.1) is 0 Å². The minimum absolute atomic E-state index is 0.154. The van der Waals surface area contributed by atoms with E-state index in [-0.39, 0.29) is 12.3 Å². The number of aromatic nitrogens is 4. The predicted octanol–water partition coefficient (Wildman–Crippen LogP) is 2.48. The third-order valence-electron chi connectivity index (χ3n) is 4.27. The Bertz CT molecular complexity index is 1140. The van der Waals surface area contributed by atoms with Crippen molar-refractivity contribution in [2.75, 3.05) is 6.61 Å². The minimum Gasteiger partial charge on any atom is -0.461 e. The SMILES string of the molecule is O=C(OCCCn1c(=O)oc2ccccc21)c1cn(Cc2ccccc2)nn1. The molecule has 0 aliphatic heterocycles. The summed E-state index contributed by atoms with van der Waals surface area (Å²) >= 11 is 0. The molecule has 2 aromatic heterocycles. The van der Waals surface area contributed by atoms with Crippen LogP contribution in [-0.2, 0) is 17.8 Å². The number of para-hydroxylation sites is 2. The molecular formula is C20H18N4O4. The Labute approximate surface area is 160 Å². The zero-order valence-corrected chi connectivity index (χ0v) is 15.0. The number of nitrogens with zero attached hydrogens (tertiary/aromatic N) is 4. The third-order valence-corrected chi connectivity index (χ3v) is 4.27. The number of carbonyl (C=O) groups excluding carboxylic acids is 1. The molecule has 2 aromatic carbocycles. The largest absolute Gasteiger partial charge is 0.461 e. The average molecular weight is 378 g/mol. The molecule has 0 spiro atoms. The highest BCUT2D eigenvalue weighted by Crippen LogP contribution is 2.12. The number of benzene rings is 2. The first kappa shape index (κ1) is 17.7. The second-order valence-corrected chi connectivity index (χ2v) is 6.26. The van der Waals surface area contributed by atoms with E-state index in [1.807, 2.05) is 48.5 Å². The van der Waals surface area contributed by atoms with E-state index in [0.717, 1.165) is 11.1 Å². The second kappa shape index (κ2) is 7.91. The minimum atomic E-state index is -0.538. The normalized spacial score (nSPS) is 11.0. The van der Waals surface area contributed by atoms with Crippen LogP contribution in [0.4, 0.5) is 0 Å². The summed E-state index contributed by atoms with van der Waals surface area (Å²) in [5.41, 5.74) is 2.48. The van der Waals surface area contributed by atoms with Gasteiger partial charge in [-0.2, -0.15) is 0 Å². The molecule has 8 nitrogen and oxygen atoms in total. The van der Waals surface area contributed by atoms with Crippen molar-refractivity contribution >= 4 is 17.1 Å². The molecule has 8 heteroatoms. The molecule has 0 radical (unpaired) electrons. The zero-order valence-electron chi connectivity index (χ0n) is 15.0. The van der Waals surface area contributed by atoms with Gasteiger partial charge in [-0.1, -0.05) is 47.7 Å². The molecule has 0 bridgehead atoms. The number of esters is 1. The molecule has 0 unspecified atom stereocenters. The summed E-state index contributed by atoms with van der Waals surface area (Å²) in [5.74, 6) is -0.958. The first-order valence-electron chi connectivity index (χ1n) is 8.90. The molecule has 0 saturated carbocycles. The monoisotopic (exact) mass is 378 g/mol. The molecule has 0 aliphatic carbocycles. The standard InChI is InChI=1S/C20H18N4O4/c25-19(16-14-23(22-21-16)13-15-7-2-1-3-8-15)27-12-6-11-24-17-9-4-5-10-18(17)28-20(24)26/h1-5,7-10,14H,6,11-13H2. The first-order valence-corrected chi connectivity index (χ1v) is 8.90. The maximum Gasteiger partial charge on any atom is 0.419 e. The molecule has 0 amide bonds. The molecule has 28 heavy (non-hydrogen) atoms. The van der Waals surface area contributed by atoms with E-state index in [1.165, 1.54) is 4.57 Å². The molecular weight excluding hydrogens is 360 g/mol. The summed E-state index contributed by atoms with van der Waals surface area (Å²) in [5, 5.41) is 7.82. The number of aryl methyl sites for hydroxylation is 1. The van der Waals surface area contributed by atoms with Crippen molar-refractivity contribution in [2.45, 2.75) is 19.5 Å². The number of rotatable bonds is 7. The summed E-state index contributed by atoms with van der Waals surface area (Å²) in [4.78, 5) is 24.0. The van der Waals surface area contributed by atoms with Crippen LogP contribution >= 0.6 is 0 Å². The fourth-order valence-corrected chi connectivity index (χ4v) is 2.93. The Morgan fingerprint density at radius 1 is 1.07 bits per heavy atom. The van der Waals surface area contributed by atoms with Crippen molar-refractivity contribution in [1.82, 2.24) is 19.6 Å². The fourth-order valence-electron chi connectivity index (χ4n) is 2.93. The zero-order chi connectivity index (χ0) is 19.3. The lowest BCUT2D eigenvalue weighted by Crippen LogP contribution is -2.16. The average Bonchev–Trinajstić information content (AvgIpc) is 3.30. The molecule has 0 atom stereocenters. The number of oxazole rings is 1. The quantitative estimate of drug-likeness (QED) is 0.362. The van der Waals surface area contributed by atoms with E-state index in [2.05, 4.69) is 10.3 Å². The lowest BCUT2D eigenvalue weighted by Gasteiger charge is -2.03. The Morgan fingerprint density at radius 2 is 1.86 bits per heavy atom.